The number of hydrogen-bond donors (Lipinski definition) is 1. The zero-order valence-corrected chi connectivity index (χ0v) is 19.9. The van der Waals surface area contributed by atoms with Gasteiger partial charge in [-0.15, -0.1) is 11.3 Å². The number of esters is 1. The van der Waals surface area contributed by atoms with E-state index in [2.05, 4.69) is 10.3 Å². The van der Waals surface area contributed by atoms with Crippen molar-refractivity contribution in [3.63, 3.8) is 0 Å². The van der Waals surface area contributed by atoms with E-state index in [0.29, 0.717) is 0 Å². The van der Waals surface area contributed by atoms with Gasteiger partial charge in [0, 0.05) is 30.6 Å². The van der Waals surface area contributed by atoms with Crippen molar-refractivity contribution in [3.05, 3.63) is 35.3 Å². The molecule has 1 aliphatic rings. The summed E-state index contributed by atoms with van der Waals surface area (Å²) in [5, 5.41) is 4.40. The number of ether oxygens (including phenoxy) is 1. The minimum Gasteiger partial charge on any atom is -0.461 e. The largest absolute Gasteiger partial charge is 0.461 e. The summed E-state index contributed by atoms with van der Waals surface area (Å²) in [5.74, 6) is -1.33. The van der Waals surface area contributed by atoms with Crippen molar-refractivity contribution in [3.8, 4) is 0 Å². The molecule has 1 saturated heterocycles. The van der Waals surface area contributed by atoms with E-state index in [0.717, 1.165) is 17.6 Å². The van der Waals surface area contributed by atoms with Crippen LogP contribution in [0, 0.1) is 5.92 Å². The number of sulfonamides is 1. The van der Waals surface area contributed by atoms with E-state index in [9.17, 15) is 26.4 Å². The van der Waals surface area contributed by atoms with Gasteiger partial charge in [0.05, 0.1) is 11.5 Å². The molecule has 2 heterocycles. The first kappa shape index (κ1) is 24.3. The standard InChI is InChI=1S/C19H23N3O7S3/c1-3-29-18(24)14-12-30-19(20-14)21-17(23)13-8-10-22(11-9-13)32(27,28)16-7-5-4-6-15(16)31(2,25)26/h4-7,12-13H,3,8-11H2,1-2H3,(H,20,21,23). The normalized spacial score (nSPS) is 15.9. The molecule has 3 rings (SSSR count). The Morgan fingerprint density at radius 1 is 1.16 bits per heavy atom. The molecule has 1 amide bonds. The number of nitrogens with one attached hydrogen (secondary N) is 1. The fourth-order valence-corrected chi connectivity index (χ4v) is 7.06. The predicted molar refractivity (Wildman–Crippen MR) is 118 cm³/mol. The fourth-order valence-electron chi connectivity index (χ4n) is 3.30. The molecule has 13 heteroatoms. The maximum absolute atomic E-state index is 13.1. The number of benzene rings is 1. The van der Waals surface area contributed by atoms with Crippen molar-refractivity contribution in [2.24, 2.45) is 5.92 Å². The van der Waals surface area contributed by atoms with Gasteiger partial charge in [0.25, 0.3) is 0 Å². The molecule has 1 aromatic heterocycles. The Kier molecular flexibility index (Phi) is 7.32. The van der Waals surface area contributed by atoms with E-state index in [1.54, 1.807) is 6.92 Å². The lowest BCUT2D eigenvalue weighted by Crippen LogP contribution is -2.41. The molecule has 1 aromatic carbocycles. The number of amides is 1. The van der Waals surface area contributed by atoms with E-state index in [1.807, 2.05) is 0 Å². The van der Waals surface area contributed by atoms with E-state index in [1.165, 1.54) is 34.0 Å². The van der Waals surface area contributed by atoms with Crippen LogP contribution in [-0.4, -0.2) is 64.0 Å². The Labute approximate surface area is 190 Å². The molecule has 1 fully saturated rings. The summed E-state index contributed by atoms with van der Waals surface area (Å²) in [6.45, 7) is 2.04. The first-order valence-corrected chi connectivity index (χ1v) is 14.0. The first-order valence-electron chi connectivity index (χ1n) is 9.76. The van der Waals surface area contributed by atoms with Crippen LogP contribution in [0.4, 0.5) is 5.13 Å². The molecule has 0 unspecified atom stereocenters. The van der Waals surface area contributed by atoms with E-state index in [4.69, 9.17) is 4.74 Å². The van der Waals surface area contributed by atoms with Gasteiger partial charge in [0.2, 0.25) is 15.9 Å². The summed E-state index contributed by atoms with van der Waals surface area (Å²) in [6.07, 6.45) is 1.49. The van der Waals surface area contributed by atoms with Gasteiger partial charge in [-0.1, -0.05) is 12.1 Å². The summed E-state index contributed by atoms with van der Waals surface area (Å²) in [7, 11) is -7.77. The lowest BCUT2D eigenvalue weighted by atomic mass is 9.97. The van der Waals surface area contributed by atoms with Gasteiger partial charge < -0.3 is 10.1 Å². The SMILES string of the molecule is CCOC(=O)c1csc(NC(=O)C2CCN(S(=O)(=O)c3ccccc3S(C)(=O)=O)CC2)n1. The third-order valence-electron chi connectivity index (χ3n) is 4.91. The molecule has 0 radical (unpaired) electrons. The molecule has 0 saturated carbocycles. The Morgan fingerprint density at radius 2 is 1.78 bits per heavy atom. The highest BCUT2D eigenvalue weighted by Crippen LogP contribution is 2.28. The minimum atomic E-state index is -4.03. The number of thiazole rings is 1. The lowest BCUT2D eigenvalue weighted by Gasteiger charge is -2.30. The second-order valence-corrected chi connectivity index (χ2v) is 11.9. The van der Waals surface area contributed by atoms with Gasteiger partial charge in [-0.2, -0.15) is 4.31 Å². The van der Waals surface area contributed by atoms with Gasteiger partial charge >= 0.3 is 5.97 Å². The van der Waals surface area contributed by atoms with Crippen LogP contribution in [0.3, 0.4) is 0 Å². The molecule has 0 spiro atoms. The minimum absolute atomic E-state index is 0.0739. The highest BCUT2D eigenvalue weighted by atomic mass is 32.2. The third-order valence-corrected chi connectivity index (χ3v) is 8.91. The molecule has 0 atom stereocenters. The summed E-state index contributed by atoms with van der Waals surface area (Å²) in [5.41, 5.74) is 0.109. The number of sulfone groups is 1. The molecule has 10 nitrogen and oxygen atoms in total. The quantitative estimate of drug-likeness (QED) is 0.566. The van der Waals surface area contributed by atoms with Crippen molar-refractivity contribution in [1.29, 1.82) is 0 Å². The second kappa shape index (κ2) is 9.65. The molecular weight excluding hydrogens is 478 g/mol. The van der Waals surface area contributed by atoms with Crippen molar-refractivity contribution in [2.45, 2.75) is 29.6 Å². The molecule has 0 bridgehead atoms. The third kappa shape index (κ3) is 5.34. The van der Waals surface area contributed by atoms with E-state index >= 15 is 0 Å². The number of carbonyl (C=O) groups is 2. The Bertz CT molecular complexity index is 1210. The van der Waals surface area contributed by atoms with Crippen LogP contribution in [0.1, 0.15) is 30.3 Å². The van der Waals surface area contributed by atoms with Gasteiger partial charge in [0.15, 0.2) is 20.7 Å². The molecule has 0 aliphatic carbocycles. The molecule has 32 heavy (non-hydrogen) atoms. The van der Waals surface area contributed by atoms with Crippen LogP contribution in [0.2, 0.25) is 0 Å². The van der Waals surface area contributed by atoms with Crippen molar-refractivity contribution < 1.29 is 31.2 Å². The van der Waals surface area contributed by atoms with Crippen LogP contribution >= 0.6 is 11.3 Å². The molecule has 2 aromatic rings. The van der Waals surface area contributed by atoms with Crippen molar-refractivity contribution in [1.82, 2.24) is 9.29 Å². The summed E-state index contributed by atoms with van der Waals surface area (Å²) < 4.78 is 56.2. The Morgan fingerprint density at radius 3 is 2.38 bits per heavy atom. The average molecular weight is 502 g/mol. The average Bonchev–Trinajstić information content (AvgIpc) is 3.22. The highest BCUT2D eigenvalue weighted by molar-refractivity contribution is 7.93. The van der Waals surface area contributed by atoms with Crippen molar-refractivity contribution >= 4 is 48.2 Å². The second-order valence-electron chi connectivity index (χ2n) is 7.14. The molecular formula is C19H23N3O7S3. The molecule has 174 valence electrons. The van der Waals surface area contributed by atoms with Crippen LogP contribution < -0.4 is 5.32 Å². The topological polar surface area (TPSA) is 140 Å². The maximum Gasteiger partial charge on any atom is 0.357 e. The zero-order valence-electron chi connectivity index (χ0n) is 17.5. The summed E-state index contributed by atoms with van der Waals surface area (Å²) in [6, 6.07) is 5.48. The van der Waals surface area contributed by atoms with Gasteiger partial charge in [-0.05, 0) is 31.9 Å². The Hall–Kier alpha value is -2.35. The van der Waals surface area contributed by atoms with Crippen LogP contribution in [-0.2, 0) is 29.4 Å². The van der Waals surface area contributed by atoms with E-state index < -0.39 is 31.7 Å². The van der Waals surface area contributed by atoms with Gasteiger partial charge in [-0.3, -0.25) is 4.79 Å². The highest BCUT2D eigenvalue weighted by Gasteiger charge is 2.34. The summed E-state index contributed by atoms with van der Waals surface area (Å²) >= 11 is 1.09. The number of rotatable bonds is 7. The molecule has 1 N–H and O–H groups in total. The number of hydrogen-bond acceptors (Lipinski definition) is 9. The van der Waals surface area contributed by atoms with Gasteiger partial charge in [0.1, 0.15) is 4.90 Å². The monoisotopic (exact) mass is 501 g/mol. The number of nitrogens with zero attached hydrogens (tertiary/aromatic N) is 2. The van der Waals surface area contributed by atoms with Crippen molar-refractivity contribution in [2.75, 3.05) is 31.3 Å². The predicted octanol–water partition coefficient (Wildman–Crippen LogP) is 1.76. The number of carbonyl (C=O) groups excluding carboxylic acids is 2. The number of anilines is 1. The summed E-state index contributed by atoms with van der Waals surface area (Å²) in [4.78, 5) is 27.8. The smallest absolute Gasteiger partial charge is 0.357 e. The van der Waals surface area contributed by atoms with E-state index in [-0.39, 0.29) is 59.1 Å². The number of piperidine rings is 1. The zero-order chi connectivity index (χ0) is 23.5. The van der Waals surface area contributed by atoms with Crippen LogP contribution in [0.15, 0.2) is 39.4 Å². The fraction of sp³-hybridized carbons (Fsp3) is 0.421. The maximum atomic E-state index is 13.1. The van der Waals surface area contributed by atoms with Crippen LogP contribution in [0.5, 0.6) is 0 Å². The van der Waals surface area contributed by atoms with Gasteiger partial charge in [-0.25, -0.2) is 26.6 Å². The number of aromatic nitrogens is 1. The van der Waals surface area contributed by atoms with Crippen LogP contribution in [0.25, 0.3) is 0 Å². The lowest BCUT2D eigenvalue weighted by molar-refractivity contribution is -0.120. The first-order chi connectivity index (χ1) is 15.0. The Balaban J connectivity index is 1.65. The molecule has 1 aliphatic heterocycles.